The van der Waals surface area contributed by atoms with Gasteiger partial charge in [0.1, 0.15) is 5.75 Å². The van der Waals surface area contributed by atoms with Crippen LogP contribution in [0.15, 0.2) is 30.3 Å². The van der Waals surface area contributed by atoms with Gasteiger partial charge in [-0.1, -0.05) is 12.1 Å². The molecule has 1 heterocycles. The number of hydrogen-bond acceptors (Lipinski definition) is 4. The predicted octanol–water partition coefficient (Wildman–Crippen LogP) is 2.01. The number of carbonyl (C=O) groups is 2. The lowest BCUT2D eigenvalue weighted by molar-refractivity contribution is -0.0689. The zero-order valence-electron chi connectivity index (χ0n) is 10.5. The Morgan fingerprint density at radius 1 is 1.00 bits per heavy atom. The van der Waals surface area contributed by atoms with E-state index < -0.39 is 11.8 Å². The van der Waals surface area contributed by atoms with Gasteiger partial charge in [0.05, 0.1) is 25.3 Å². The van der Waals surface area contributed by atoms with Crippen LogP contribution in [0.25, 0.3) is 10.8 Å². The van der Waals surface area contributed by atoms with Crippen molar-refractivity contribution in [2.45, 2.75) is 0 Å². The second-order valence-electron chi connectivity index (χ2n) is 4.17. The molecular weight excluding hydrogens is 246 g/mol. The summed E-state index contributed by atoms with van der Waals surface area (Å²) in [6.07, 6.45) is 0. The van der Waals surface area contributed by atoms with E-state index >= 15 is 0 Å². The second-order valence-corrected chi connectivity index (χ2v) is 4.17. The standard InChI is InChI=1S/C14H11NO4/c1-18-9-6-8-4-3-5-10-12(8)11(7-9)14(17)15(19-2)13(10)16/h3-7H,1-2H3. The molecular formula is C14H11NO4. The highest BCUT2D eigenvalue weighted by atomic mass is 16.7. The molecule has 3 rings (SSSR count). The Labute approximate surface area is 109 Å². The number of methoxy groups -OCH3 is 1. The molecule has 0 unspecified atom stereocenters. The number of hydroxylamine groups is 2. The van der Waals surface area contributed by atoms with Gasteiger partial charge in [-0.3, -0.25) is 14.4 Å². The molecule has 5 nitrogen and oxygen atoms in total. The second kappa shape index (κ2) is 4.07. The molecule has 0 aromatic heterocycles. The number of ether oxygens (including phenoxy) is 1. The van der Waals surface area contributed by atoms with E-state index in [1.165, 1.54) is 14.2 Å². The minimum Gasteiger partial charge on any atom is -0.497 e. The van der Waals surface area contributed by atoms with Gasteiger partial charge in [-0.2, -0.15) is 0 Å². The fourth-order valence-electron chi connectivity index (χ4n) is 2.34. The molecule has 0 saturated carbocycles. The first kappa shape index (κ1) is 11.7. The summed E-state index contributed by atoms with van der Waals surface area (Å²) in [5.74, 6) is -0.357. The maximum Gasteiger partial charge on any atom is 0.285 e. The first-order valence-corrected chi connectivity index (χ1v) is 5.71. The van der Waals surface area contributed by atoms with Gasteiger partial charge in [0.2, 0.25) is 0 Å². The van der Waals surface area contributed by atoms with Gasteiger partial charge in [0.25, 0.3) is 11.8 Å². The van der Waals surface area contributed by atoms with Crippen molar-refractivity contribution in [3.8, 4) is 5.75 Å². The van der Waals surface area contributed by atoms with Gasteiger partial charge in [-0.25, -0.2) is 0 Å². The number of nitrogens with zero attached hydrogens (tertiary/aromatic N) is 1. The Balaban J connectivity index is 2.41. The lowest BCUT2D eigenvalue weighted by atomic mass is 9.95. The smallest absolute Gasteiger partial charge is 0.285 e. The summed E-state index contributed by atoms with van der Waals surface area (Å²) in [5.41, 5.74) is 0.864. The number of carbonyl (C=O) groups excluding carboxylic acids is 2. The van der Waals surface area contributed by atoms with Crippen LogP contribution in [-0.4, -0.2) is 31.1 Å². The normalized spacial score (nSPS) is 14.1. The highest BCUT2D eigenvalue weighted by Gasteiger charge is 2.33. The Hall–Kier alpha value is -2.40. The lowest BCUT2D eigenvalue weighted by Gasteiger charge is -2.25. The minimum atomic E-state index is -0.477. The van der Waals surface area contributed by atoms with Crippen LogP contribution in [0.2, 0.25) is 0 Å². The first-order chi connectivity index (χ1) is 9.17. The average Bonchev–Trinajstić information content (AvgIpc) is 2.44. The van der Waals surface area contributed by atoms with Gasteiger partial charge >= 0.3 is 0 Å². The third-order valence-electron chi connectivity index (χ3n) is 3.20. The Kier molecular flexibility index (Phi) is 2.50. The van der Waals surface area contributed by atoms with E-state index in [9.17, 15) is 9.59 Å². The molecule has 1 aliphatic heterocycles. The van der Waals surface area contributed by atoms with Crippen LogP contribution in [0.1, 0.15) is 20.7 Å². The zero-order valence-corrected chi connectivity index (χ0v) is 10.5. The van der Waals surface area contributed by atoms with E-state index in [2.05, 4.69) is 0 Å². The molecule has 0 radical (unpaired) electrons. The Morgan fingerprint density at radius 3 is 2.42 bits per heavy atom. The van der Waals surface area contributed by atoms with Crippen LogP contribution in [-0.2, 0) is 4.84 Å². The van der Waals surface area contributed by atoms with E-state index in [-0.39, 0.29) is 0 Å². The van der Waals surface area contributed by atoms with Crippen molar-refractivity contribution >= 4 is 22.6 Å². The average molecular weight is 257 g/mol. The van der Waals surface area contributed by atoms with Crippen molar-refractivity contribution in [3.63, 3.8) is 0 Å². The molecule has 0 atom stereocenters. The van der Waals surface area contributed by atoms with Gasteiger partial charge in [-0.05, 0) is 23.6 Å². The van der Waals surface area contributed by atoms with Crippen LogP contribution in [0.4, 0.5) is 0 Å². The zero-order chi connectivity index (χ0) is 13.6. The quantitative estimate of drug-likeness (QED) is 0.772. The van der Waals surface area contributed by atoms with Crippen molar-refractivity contribution in [3.05, 3.63) is 41.5 Å². The van der Waals surface area contributed by atoms with Crippen molar-refractivity contribution < 1.29 is 19.2 Å². The number of benzene rings is 2. The molecule has 0 spiro atoms. The fraction of sp³-hybridized carbons (Fsp3) is 0.143. The maximum absolute atomic E-state index is 12.2. The third kappa shape index (κ3) is 1.52. The molecule has 96 valence electrons. The van der Waals surface area contributed by atoms with Crippen molar-refractivity contribution in [2.24, 2.45) is 0 Å². The van der Waals surface area contributed by atoms with Gasteiger partial charge in [-0.15, -0.1) is 5.06 Å². The molecule has 0 saturated heterocycles. The van der Waals surface area contributed by atoms with Crippen LogP contribution in [0, 0.1) is 0 Å². The minimum absolute atomic E-state index is 0.409. The van der Waals surface area contributed by atoms with Crippen LogP contribution >= 0.6 is 0 Å². The third-order valence-corrected chi connectivity index (χ3v) is 3.20. The van der Waals surface area contributed by atoms with E-state index in [0.717, 1.165) is 10.4 Å². The van der Waals surface area contributed by atoms with Crippen molar-refractivity contribution in [1.29, 1.82) is 0 Å². The highest BCUT2D eigenvalue weighted by molar-refractivity contribution is 6.25. The molecule has 0 fully saturated rings. The van der Waals surface area contributed by atoms with Gasteiger partial charge in [0, 0.05) is 5.39 Å². The van der Waals surface area contributed by atoms with Gasteiger partial charge < -0.3 is 4.74 Å². The fourth-order valence-corrected chi connectivity index (χ4v) is 2.34. The molecule has 0 aliphatic carbocycles. The van der Waals surface area contributed by atoms with Crippen molar-refractivity contribution in [2.75, 3.05) is 14.2 Å². The molecule has 1 aliphatic rings. The topological polar surface area (TPSA) is 55.8 Å². The Bertz CT molecular complexity index is 708. The molecule has 0 bridgehead atoms. The van der Waals surface area contributed by atoms with E-state index in [4.69, 9.17) is 9.57 Å². The summed E-state index contributed by atoms with van der Waals surface area (Å²) in [4.78, 5) is 29.3. The SMILES string of the molecule is COc1cc2c3c(cccc3c1)C(=O)N(OC)C2=O. The summed E-state index contributed by atoms with van der Waals surface area (Å²) in [7, 11) is 2.82. The number of rotatable bonds is 2. The summed E-state index contributed by atoms with van der Waals surface area (Å²) < 4.78 is 5.18. The van der Waals surface area contributed by atoms with Crippen molar-refractivity contribution in [1.82, 2.24) is 5.06 Å². The molecule has 0 N–H and O–H groups in total. The number of amides is 2. The molecule has 5 heteroatoms. The molecule has 19 heavy (non-hydrogen) atoms. The maximum atomic E-state index is 12.2. The van der Waals surface area contributed by atoms with E-state index in [1.54, 1.807) is 24.3 Å². The molecule has 2 amide bonds. The lowest BCUT2D eigenvalue weighted by Crippen LogP contribution is -2.39. The summed E-state index contributed by atoms with van der Waals surface area (Å²) in [5, 5.41) is 2.20. The summed E-state index contributed by atoms with van der Waals surface area (Å²) in [6.45, 7) is 0. The summed E-state index contributed by atoms with van der Waals surface area (Å²) in [6, 6.07) is 8.70. The summed E-state index contributed by atoms with van der Waals surface area (Å²) >= 11 is 0. The number of imide groups is 1. The monoisotopic (exact) mass is 257 g/mol. The van der Waals surface area contributed by atoms with E-state index in [0.29, 0.717) is 22.3 Å². The van der Waals surface area contributed by atoms with E-state index in [1.807, 2.05) is 6.07 Å². The van der Waals surface area contributed by atoms with Crippen LogP contribution in [0.3, 0.4) is 0 Å². The van der Waals surface area contributed by atoms with Crippen LogP contribution < -0.4 is 4.74 Å². The predicted molar refractivity (Wildman–Crippen MR) is 68.0 cm³/mol. The number of hydrogen-bond donors (Lipinski definition) is 0. The molecule has 2 aromatic carbocycles. The first-order valence-electron chi connectivity index (χ1n) is 5.71. The molecule has 2 aromatic rings. The van der Waals surface area contributed by atoms with Crippen LogP contribution in [0.5, 0.6) is 5.75 Å². The van der Waals surface area contributed by atoms with Gasteiger partial charge in [0.15, 0.2) is 0 Å². The Morgan fingerprint density at radius 2 is 1.74 bits per heavy atom. The highest BCUT2D eigenvalue weighted by Crippen LogP contribution is 2.33. The largest absolute Gasteiger partial charge is 0.497 e.